The van der Waals surface area contributed by atoms with Crippen LogP contribution >= 0.6 is 0 Å². The topological polar surface area (TPSA) is 19.4 Å². The predicted molar refractivity (Wildman–Crippen MR) is 305 cm³/mol. The number of rotatable bonds is 5. The van der Waals surface area contributed by atoms with Gasteiger partial charge in [-0.25, -0.2) is 4.98 Å². The van der Waals surface area contributed by atoms with E-state index >= 15 is 0 Å². The van der Waals surface area contributed by atoms with E-state index in [2.05, 4.69) is 176 Å². The molecule has 3 heterocycles. The highest BCUT2D eigenvalue weighted by molar-refractivity contribution is 7.00. The molecular weight excluding hydrogens is 882 g/mol. The minimum absolute atomic E-state index is 0.00996. The molecule has 0 fully saturated rings. The van der Waals surface area contributed by atoms with Crippen molar-refractivity contribution in [3.05, 3.63) is 275 Å². The number of fused-ring (bicyclic) bond motifs is 14. The van der Waals surface area contributed by atoms with Crippen LogP contribution in [0.15, 0.2) is 236 Å². The van der Waals surface area contributed by atoms with Gasteiger partial charge in [-0.1, -0.05) is 187 Å². The first-order chi connectivity index (χ1) is 40.1. The third-order valence-corrected chi connectivity index (χ3v) is 15.6. The fraction of sp³-hybridized carbons (Fsp3) is 0.0580. The zero-order valence-electron chi connectivity index (χ0n) is 50.2. The second-order valence-electron chi connectivity index (χ2n) is 19.7. The minimum atomic E-state index is -0.896. The lowest BCUT2D eigenvalue weighted by Gasteiger charge is -2.45. The van der Waals surface area contributed by atoms with Crippen LogP contribution < -0.4 is 26.2 Å². The highest BCUT2D eigenvalue weighted by Crippen LogP contribution is 2.65. The zero-order chi connectivity index (χ0) is 57.2. The van der Waals surface area contributed by atoms with Crippen LogP contribution in [0.5, 0.6) is 0 Å². The summed E-state index contributed by atoms with van der Waals surface area (Å²) in [4.78, 5) is 10.1. The van der Waals surface area contributed by atoms with E-state index in [4.69, 9.17) is 18.7 Å². The second kappa shape index (κ2) is 15.8. The minimum Gasteiger partial charge on any atom is -0.311 e. The Balaban J connectivity index is 1.02. The lowest BCUT2D eigenvalue weighted by atomic mass is 9.33. The van der Waals surface area contributed by atoms with Crippen LogP contribution in [0.3, 0.4) is 0 Å². The van der Waals surface area contributed by atoms with Crippen molar-refractivity contribution in [3.8, 4) is 55.9 Å². The standard InChI is InChI=1S/C69H48BN3/c1-43-30-33-50(34-31-43)72-63-35-32-44(2)36-59(63)70-60-41-54-51-24-13-15-27-55(51)69(58(54)42-64(60)73(49-22-11-6-12-23-49)66-38-45(3)37-65(72)68(66)70)56-28-16-14-25-52(56)67-53(26-17-29-57(67)69)62-40-48(46-18-7-4-8-19-46)39-61(71-62)47-20-9-5-10-21-47/h4-42H,1-3H3/i4D,5D,7D,8D,9D,10D,18D,19D,20D,21D. The number of para-hydroxylation sites is 1. The molecule has 1 unspecified atom stereocenters. The first kappa shape index (κ1) is 32.8. The van der Waals surface area contributed by atoms with Crippen LogP contribution in [0.25, 0.3) is 55.9 Å². The van der Waals surface area contributed by atoms with Gasteiger partial charge in [-0.05, 0) is 159 Å². The number of aromatic nitrogens is 1. The van der Waals surface area contributed by atoms with E-state index in [1.807, 2.05) is 18.2 Å². The van der Waals surface area contributed by atoms with Crippen LogP contribution in [-0.4, -0.2) is 11.7 Å². The van der Waals surface area contributed by atoms with E-state index in [0.29, 0.717) is 11.3 Å². The lowest BCUT2D eigenvalue weighted by molar-refractivity contribution is 0.794. The molecule has 0 saturated carbocycles. The van der Waals surface area contributed by atoms with Crippen molar-refractivity contribution < 1.29 is 13.7 Å². The van der Waals surface area contributed by atoms with Crippen molar-refractivity contribution in [2.75, 3.05) is 9.80 Å². The number of pyridine rings is 1. The zero-order valence-corrected chi connectivity index (χ0v) is 40.2. The van der Waals surface area contributed by atoms with Gasteiger partial charge < -0.3 is 9.80 Å². The molecule has 0 N–H and O–H groups in total. The summed E-state index contributed by atoms with van der Waals surface area (Å²) in [6, 6.07) is 57.2. The first-order valence-corrected chi connectivity index (χ1v) is 24.7. The number of aryl methyl sites for hydroxylation is 3. The average molecular weight is 940 g/mol. The number of hydrogen-bond donors (Lipinski definition) is 0. The van der Waals surface area contributed by atoms with Crippen LogP contribution in [0.2, 0.25) is 0 Å². The largest absolute Gasteiger partial charge is 0.311 e. The van der Waals surface area contributed by atoms with Gasteiger partial charge in [-0.3, -0.25) is 0 Å². The molecule has 0 bridgehead atoms. The van der Waals surface area contributed by atoms with Crippen LogP contribution in [0.1, 0.15) is 52.7 Å². The van der Waals surface area contributed by atoms with Crippen molar-refractivity contribution in [1.82, 2.24) is 4.98 Å². The molecule has 1 spiro atoms. The molecule has 73 heavy (non-hydrogen) atoms. The third kappa shape index (κ3) is 5.98. The summed E-state index contributed by atoms with van der Waals surface area (Å²) in [6.07, 6.45) is 0. The summed E-state index contributed by atoms with van der Waals surface area (Å²) in [5.41, 5.74) is 21.9. The molecule has 1 atom stereocenters. The van der Waals surface area contributed by atoms with Gasteiger partial charge in [-0.15, -0.1) is 0 Å². The quantitative estimate of drug-likeness (QED) is 0.160. The van der Waals surface area contributed by atoms with Gasteiger partial charge in [0.05, 0.1) is 30.5 Å². The summed E-state index contributed by atoms with van der Waals surface area (Å²) in [7, 11) is 0. The fourth-order valence-electron chi connectivity index (χ4n) is 12.7. The van der Waals surface area contributed by atoms with Crippen LogP contribution in [-0.2, 0) is 5.41 Å². The molecule has 0 saturated heterocycles. The predicted octanol–water partition coefficient (Wildman–Crippen LogP) is 15.4. The third-order valence-electron chi connectivity index (χ3n) is 15.6. The molecule has 4 aliphatic rings. The number of hydrogen-bond acceptors (Lipinski definition) is 3. The van der Waals surface area contributed by atoms with Gasteiger partial charge in [0, 0.05) is 45.3 Å². The van der Waals surface area contributed by atoms with E-state index in [0.717, 1.165) is 84.2 Å². The molecule has 11 aromatic rings. The normalized spacial score (nSPS) is 16.9. The van der Waals surface area contributed by atoms with Gasteiger partial charge in [0.1, 0.15) is 0 Å². The number of benzene rings is 10. The molecule has 3 nitrogen and oxygen atoms in total. The summed E-state index contributed by atoms with van der Waals surface area (Å²) in [6.45, 7) is 6.33. The van der Waals surface area contributed by atoms with Gasteiger partial charge in [0.25, 0.3) is 6.71 Å². The summed E-state index contributed by atoms with van der Waals surface area (Å²) in [5.74, 6) is 0. The Bertz CT molecular complexity index is 4550. The Morgan fingerprint density at radius 2 is 0.986 bits per heavy atom. The van der Waals surface area contributed by atoms with Crippen molar-refractivity contribution in [1.29, 1.82) is 0 Å². The molecule has 2 aliphatic carbocycles. The smallest absolute Gasteiger partial charge is 0.252 e. The van der Waals surface area contributed by atoms with Crippen molar-refractivity contribution in [2.24, 2.45) is 0 Å². The van der Waals surface area contributed by atoms with Gasteiger partial charge in [-0.2, -0.15) is 0 Å². The van der Waals surface area contributed by atoms with E-state index in [9.17, 15) is 0 Å². The molecule has 1 aromatic heterocycles. The Hall–Kier alpha value is -8.99. The van der Waals surface area contributed by atoms with Crippen LogP contribution in [0, 0.1) is 20.8 Å². The van der Waals surface area contributed by atoms with E-state index in [1.165, 1.54) is 33.6 Å². The Morgan fingerprint density at radius 3 is 1.74 bits per heavy atom. The maximum absolute atomic E-state index is 9.13. The summed E-state index contributed by atoms with van der Waals surface area (Å²) < 4.78 is 88.1. The molecule has 342 valence electrons. The highest BCUT2D eigenvalue weighted by Gasteiger charge is 2.54. The SMILES string of the molecule is [2H]c1c([2H])c([2H])c(-c2cc(-c3cccc4c3-c3ccccc3C43c4ccccc4-c4cc5c(cc43)N(c3ccccc3)c3cc(C)cc4c3B5c3cc(C)ccc3N4c3ccc(C)cc3)nc(-c3c([2H])c([2H])c([2H])c([2H])c3[2H])c2)c([2H])c1[2H]. The van der Waals surface area contributed by atoms with Gasteiger partial charge in [0.2, 0.25) is 0 Å². The van der Waals surface area contributed by atoms with E-state index in [1.54, 1.807) is 6.07 Å². The molecule has 4 heteroatoms. The molecule has 0 radical (unpaired) electrons. The van der Waals surface area contributed by atoms with E-state index in [-0.39, 0.29) is 29.1 Å². The summed E-state index contributed by atoms with van der Waals surface area (Å²) >= 11 is 0. The van der Waals surface area contributed by atoms with Crippen molar-refractivity contribution in [3.63, 3.8) is 0 Å². The summed E-state index contributed by atoms with van der Waals surface area (Å²) in [5, 5.41) is 0. The second-order valence-corrected chi connectivity index (χ2v) is 19.7. The molecule has 2 aliphatic heterocycles. The maximum Gasteiger partial charge on any atom is 0.252 e. The highest BCUT2D eigenvalue weighted by atomic mass is 15.2. The number of nitrogens with zero attached hydrogens (tertiary/aromatic N) is 3. The fourth-order valence-corrected chi connectivity index (χ4v) is 12.7. The van der Waals surface area contributed by atoms with Gasteiger partial charge in [0.15, 0.2) is 0 Å². The maximum atomic E-state index is 9.13. The number of anilines is 6. The Labute approximate surface area is 441 Å². The molecule has 0 amide bonds. The van der Waals surface area contributed by atoms with Gasteiger partial charge >= 0.3 is 0 Å². The molecular formula is C69H48BN3. The van der Waals surface area contributed by atoms with Crippen molar-refractivity contribution in [2.45, 2.75) is 26.2 Å². The van der Waals surface area contributed by atoms with Crippen LogP contribution in [0.4, 0.5) is 34.1 Å². The Morgan fingerprint density at radius 1 is 0.397 bits per heavy atom. The average Bonchev–Trinajstić information content (AvgIpc) is 1.60. The van der Waals surface area contributed by atoms with Crippen molar-refractivity contribution >= 4 is 57.2 Å². The Kier molecular flexibility index (Phi) is 7.08. The molecule has 10 aromatic carbocycles. The van der Waals surface area contributed by atoms with E-state index < -0.39 is 65.8 Å². The monoisotopic (exact) mass is 939 g/mol. The lowest BCUT2D eigenvalue weighted by Crippen LogP contribution is -2.61. The first-order valence-electron chi connectivity index (χ1n) is 29.7. The molecule has 15 rings (SSSR count).